The minimum absolute atomic E-state index is 0.0209. The van der Waals surface area contributed by atoms with Crippen molar-refractivity contribution in [3.63, 3.8) is 0 Å². The van der Waals surface area contributed by atoms with Crippen LogP contribution in [-0.4, -0.2) is 71.4 Å². The molecule has 3 unspecified atom stereocenters. The van der Waals surface area contributed by atoms with Crippen molar-refractivity contribution in [3.8, 4) is 0 Å². The van der Waals surface area contributed by atoms with E-state index in [1.807, 2.05) is 18.2 Å². The number of carbonyl (C=O) groups excluding carboxylic acids is 1. The molecule has 0 spiro atoms. The highest BCUT2D eigenvalue weighted by Crippen LogP contribution is 2.31. The Bertz CT molecular complexity index is 941. The molecule has 1 aromatic rings. The number of nitrogens with zero attached hydrogens (tertiary/aromatic N) is 3. The Labute approximate surface area is 221 Å². The van der Waals surface area contributed by atoms with Gasteiger partial charge in [-0.1, -0.05) is 61.7 Å². The average Bonchev–Trinajstić information content (AvgIpc) is 3.34. The number of ketones is 1. The fourth-order valence-corrected chi connectivity index (χ4v) is 6.29. The maximum atomic E-state index is 13.3. The van der Waals surface area contributed by atoms with Crippen molar-refractivity contribution in [2.75, 3.05) is 32.7 Å². The second-order valence-corrected chi connectivity index (χ2v) is 11.2. The van der Waals surface area contributed by atoms with Gasteiger partial charge in [-0.15, -0.1) is 0 Å². The van der Waals surface area contributed by atoms with E-state index in [0.29, 0.717) is 37.1 Å². The maximum Gasteiger partial charge on any atom is 0.235 e. The summed E-state index contributed by atoms with van der Waals surface area (Å²) < 4.78 is 0. The highest BCUT2D eigenvalue weighted by molar-refractivity contribution is 5.84. The van der Waals surface area contributed by atoms with E-state index in [1.54, 1.807) is 6.08 Å². The molecule has 2 fully saturated rings. The van der Waals surface area contributed by atoms with Crippen molar-refractivity contribution >= 4 is 5.78 Å². The molecule has 3 aliphatic rings. The highest BCUT2D eigenvalue weighted by atomic mass is 16.6. The van der Waals surface area contributed by atoms with Gasteiger partial charge in [0.1, 0.15) is 5.78 Å². The number of hydrogen-bond donors (Lipinski definition) is 1. The van der Waals surface area contributed by atoms with E-state index in [1.165, 1.54) is 37.7 Å². The Morgan fingerprint density at radius 1 is 1.16 bits per heavy atom. The van der Waals surface area contributed by atoms with Gasteiger partial charge in [-0.2, -0.15) is 0 Å². The summed E-state index contributed by atoms with van der Waals surface area (Å²) in [6, 6.07) is 10.2. The third-order valence-electron chi connectivity index (χ3n) is 8.46. The van der Waals surface area contributed by atoms with Crippen molar-refractivity contribution in [1.82, 2.24) is 9.80 Å². The molecule has 1 aliphatic heterocycles. The van der Waals surface area contributed by atoms with Crippen molar-refractivity contribution in [1.29, 1.82) is 0 Å². The van der Waals surface area contributed by atoms with Crippen LogP contribution >= 0.6 is 0 Å². The lowest BCUT2D eigenvalue weighted by Crippen LogP contribution is -2.41. The molecule has 1 saturated heterocycles. The van der Waals surface area contributed by atoms with E-state index in [-0.39, 0.29) is 11.0 Å². The van der Waals surface area contributed by atoms with Crippen LogP contribution in [0, 0.1) is 16.0 Å². The lowest BCUT2D eigenvalue weighted by atomic mass is 9.88. The van der Waals surface area contributed by atoms with Crippen molar-refractivity contribution in [3.05, 3.63) is 69.8 Å². The van der Waals surface area contributed by atoms with Gasteiger partial charge >= 0.3 is 0 Å². The van der Waals surface area contributed by atoms with Crippen LogP contribution in [0.5, 0.6) is 0 Å². The molecule has 0 radical (unpaired) electrons. The van der Waals surface area contributed by atoms with Crippen molar-refractivity contribution in [2.24, 2.45) is 11.7 Å². The summed E-state index contributed by atoms with van der Waals surface area (Å²) >= 11 is 0. The Morgan fingerprint density at radius 2 is 1.95 bits per heavy atom. The first-order valence-corrected chi connectivity index (χ1v) is 14.3. The van der Waals surface area contributed by atoms with E-state index in [4.69, 9.17) is 5.73 Å². The quantitative estimate of drug-likeness (QED) is 0.314. The second kappa shape index (κ2) is 14.0. The van der Waals surface area contributed by atoms with Crippen molar-refractivity contribution < 1.29 is 9.72 Å². The number of Topliss-reactive ketones (excluding diaryl/α,β-unsaturated/α-hetero) is 1. The number of benzene rings is 1. The Morgan fingerprint density at radius 3 is 2.62 bits per heavy atom. The molecule has 0 aromatic heterocycles. The standard InChI is InChI=1S/C30H44N4O3/c31-18-7-12-30(35)29-20-28(23-33(29)22-25-10-5-2-6-11-25)32(19-17-24-8-3-1-4-9-24)21-26-13-15-27(16-14-26)34(36)37/h1,3-4,8-9,13-15,25,27-29H,2,5-7,10-12,16-23,31H2. The molecule has 0 amide bonds. The van der Waals surface area contributed by atoms with Crippen LogP contribution in [-0.2, 0) is 11.2 Å². The van der Waals surface area contributed by atoms with Gasteiger partial charge in [-0.25, -0.2) is 0 Å². The van der Waals surface area contributed by atoms with Crippen molar-refractivity contribution in [2.45, 2.75) is 82.3 Å². The summed E-state index contributed by atoms with van der Waals surface area (Å²) in [6.07, 6.45) is 15.8. The zero-order valence-corrected chi connectivity index (χ0v) is 22.2. The van der Waals surface area contributed by atoms with Crippen LogP contribution < -0.4 is 5.73 Å². The summed E-state index contributed by atoms with van der Waals surface area (Å²) in [4.78, 5) is 29.3. The molecule has 0 bridgehead atoms. The molecule has 2 aliphatic carbocycles. The topological polar surface area (TPSA) is 92.7 Å². The van der Waals surface area contributed by atoms with Crippen LogP contribution in [0.2, 0.25) is 0 Å². The fraction of sp³-hybridized carbons (Fsp3) is 0.633. The van der Waals surface area contributed by atoms with Gasteiger partial charge in [-0.3, -0.25) is 24.7 Å². The average molecular weight is 509 g/mol. The number of rotatable bonds is 13. The van der Waals surface area contributed by atoms with E-state index in [9.17, 15) is 14.9 Å². The molecule has 7 nitrogen and oxygen atoms in total. The minimum Gasteiger partial charge on any atom is -0.330 e. The molecule has 1 heterocycles. The van der Waals surface area contributed by atoms with Gasteiger partial charge in [0, 0.05) is 50.0 Å². The Hall–Kier alpha value is -2.35. The molecule has 4 rings (SSSR count). The number of nitro groups is 1. The summed E-state index contributed by atoms with van der Waals surface area (Å²) in [5.74, 6) is 1.04. The second-order valence-electron chi connectivity index (χ2n) is 11.2. The highest BCUT2D eigenvalue weighted by Gasteiger charge is 2.39. The molecular weight excluding hydrogens is 464 g/mol. The predicted molar refractivity (Wildman–Crippen MR) is 148 cm³/mol. The number of carbonyl (C=O) groups is 1. The van der Waals surface area contributed by atoms with Crippen LogP contribution in [0.4, 0.5) is 0 Å². The number of likely N-dealkylation sites (tertiary alicyclic amines) is 1. The number of hydrogen-bond acceptors (Lipinski definition) is 6. The normalized spacial score (nSPS) is 24.9. The molecule has 7 heteroatoms. The summed E-state index contributed by atoms with van der Waals surface area (Å²) in [6.45, 7) is 4.16. The smallest absolute Gasteiger partial charge is 0.235 e. The maximum absolute atomic E-state index is 13.3. The monoisotopic (exact) mass is 508 g/mol. The summed E-state index contributed by atoms with van der Waals surface area (Å²) in [7, 11) is 0. The van der Waals surface area contributed by atoms with Crippen LogP contribution in [0.1, 0.15) is 63.4 Å². The fourth-order valence-electron chi connectivity index (χ4n) is 6.29. The molecule has 1 aromatic carbocycles. The van der Waals surface area contributed by atoms with Crippen LogP contribution in [0.25, 0.3) is 0 Å². The van der Waals surface area contributed by atoms with Crippen LogP contribution in [0.15, 0.2) is 54.1 Å². The Kier molecular flexibility index (Phi) is 10.5. The lowest BCUT2D eigenvalue weighted by Gasteiger charge is -2.32. The Balaban J connectivity index is 1.48. The van der Waals surface area contributed by atoms with Gasteiger partial charge in [0.15, 0.2) is 0 Å². The minimum atomic E-state index is -0.622. The third kappa shape index (κ3) is 8.06. The van der Waals surface area contributed by atoms with Gasteiger partial charge in [0.25, 0.3) is 0 Å². The summed E-state index contributed by atoms with van der Waals surface area (Å²) in [5.41, 5.74) is 8.18. The lowest BCUT2D eigenvalue weighted by molar-refractivity contribution is -0.508. The SMILES string of the molecule is NCCCC(=O)C1CC(N(CCc2ccccc2)CC2=CCC([N+](=O)[O-])C=C2)CN1CC1CCCCC1. The molecule has 1 saturated carbocycles. The first-order chi connectivity index (χ1) is 18.0. The van der Waals surface area contributed by atoms with E-state index < -0.39 is 6.04 Å². The third-order valence-corrected chi connectivity index (χ3v) is 8.46. The molecule has 202 valence electrons. The molecular formula is C30H44N4O3. The van der Waals surface area contributed by atoms with E-state index in [2.05, 4.69) is 34.1 Å². The first-order valence-electron chi connectivity index (χ1n) is 14.3. The van der Waals surface area contributed by atoms with E-state index >= 15 is 0 Å². The van der Waals surface area contributed by atoms with Crippen LogP contribution in [0.3, 0.4) is 0 Å². The molecule has 37 heavy (non-hydrogen) atoms. The van der Waals surface area contributed by atoms with Gasteiger partial charge in [0.2, 0.25) is 6.04 Å². The van der Waals surface area contributed by atoms with Gasteiger partial charge < -0.3 is 5.73 Å². The number of nitrogens with two attached hydrogens (primary N) is 1. The molecule has 3 atom stereocenters. The van der Waals surface area contributed by atoms with Gasteiger partial charge in [-0.05, 0) is 61.8 Å². The zero-order valence-electron chi connectivity index (χ0n) is 22.2. The molecule has 2 N–H and O–H groups in total. The zero-order chi connectivity index (χ0) is 26.0. The largest absolute Gasteiger partial charge is 0.330 e. The van der Waals surface area contributed by atoms with E-state index in [0.717, 1.165) is 51.0 Å². The van der Waals surface area contributed by atoms with Gasteiger partial charge in [0.05, 0.1) is 6.04 Å². The predicted octanol–water partition coefficient (Wildman–Crippen LogP) is 4.39. The summed E-state index contributed by atoms with van der Waals surface area (Å²) in [5, 5.41) is 11.2. The first kappa shape index (κ1) is 27.7.